The summed E-state index contributed by atoms with van der Waals surface area (Å²) in [5.74, 6) is 1.22. The van der Waals surface area contributed by atoms with Gasteiger partial charge in [0, 0.05) is 0 Å². The van der Waals surface area contributed by atoms with E-state index in [-0.39, 0.29) is 12.5 Å². The highest BCUT2D eigenvalue weighted by Crippen LogP contribution is 2.33. The number of nitrogens with one attached hydrogen (secondary N) is 1. The van der Waals surface area contributed by atoms with Crippen molar-refractivity contribution in [1.82, 2.24) is 4.98 Å². The fourth-order valence-electron chi connectivity index (χ4n) is 4.00. The summed E-state index contributed by atoms with van der Waals surface area (Å²) in [5, 5.41) is 3.47. The number of hydrogen-bond acceptors (Lipinski definition) is 4. The molecule has 5 heteroatoms. The smallest absolute Gasteiger partial charge is 0.264 e. The van der Waals surface area contributed by atoms with Crippen LogP contribution in [-0.4, -0.2) is 17.5 Å². The van der Waals surface area contributed by atoms with Crippen molar-refractivity contribution in [3.05, 3.63) is 53.1 Å². The molecule has 1 N–H and O–H groups in total. The minimum atomic E-state index is -0.190. The van der Waals surface area contributed by atoms with Crippen LogP contribution in [0.2, 0.25) is 0 Å². The number of nitrogens with zero attached hydrogens (tertiary/aromatic N) is 1. The molecule has 0 atom stereocenters. The first-order valence-corrected chi connectivity index (χ1v) is 10.8. The predicted octanol–water partition coefficient (Wildman–Crippen LogP) is 5.98. The van der Waals surface area contributed by atoms with Crippen LogP contribution in [0.5, 0.6) is 5.75 Å². The summed E-state index contributed by atoms with van der Waals surface area (Å²) in [6.45, 7) is 4.09. The van der Waals surface area contributed by atoms with Crippen molar-refractivity contribution in [2.45, 2.75) is 51.9 Å². The summed E-state index contributed by atoms with van der Waals surface area (Å²) in [4.78, 5) is 16.8. The van der Waals surface area contributed by atoms with Gasteiger partial charge in [-0.25, -0.2) is 4.98 Å². The largest absolute Gasteiger partial charge is 0.484 e. The molecule has 1 heterocycles. The SMILES string of the molecule is Cc1cc(C)c2nc(NC(=O)COc3ccc(C4CCCCC4)cc3)sc2c1. The number of fused-ring (bicyclic) bond motifs is 1. The molecule has 146 valence electrons. The summed E-state index contributed by atoms with van der Waals surface area (Å²) in [5.41, 5.74) is 4.66. The van der Waals surface area contributed by atoms with Crippen LogP contribution in [0.1, 0.15) is 54.7 Å². The zero-order valence-corrected chi connectivity index (χ0v) is 17.3. The Kier molecular flexibility index (Phi) is 5.62. The molecule has 1 aromatic heterocycles. The van der Waals surface area contributed by atoms with Crippen LogP contribution in [0, 0.1) is 13.8 Å². The maximum absolute atomic E-state index is 12.3. The van der Waals surface area contributed by atoms with Crippen LogP contribution in [0.3, 0.4) is 0 Å². The monoisotopic (exact) mass is 394 g/mol. The lowest BCUT2D eigenvalue weighted by Gasteiger charge is -2.22. The van der Waals surface area contributed by atoms with E-state index >= 15 is 0 Å². The molecule has 1 amide bonds. The second-order valence-corrected chi connectivity index (χ2v) is 8.72. The van der Waals surface area contributed by atoms with Gasteiger partial charge in [0.1, 0.15) is 5.75 Å². The Morgan fingerprint density at radius 3 is 2.64 bits per heavy atom. The van der Waals surface area contributed by atoms with Crippen molar-refractivity contribution in [3.8, 4) is 5.75 Å². The number of ether oxygens (including phenoxy) is 1. The first kappa shape index (κ1) is 18.9. The first-order valence-electron chi connectivity index (χ1n) is 9.99. The molecule has 1 fully saturated rings. The number of carbonyl (C=O) groups is 1. The topological polar surface area (TPSA) is 51.2 Å². The first-order chi connectivity index (χ1) is 13.6. The summed E-state index contributed by atoms with van der Waals surface area (Å²) >= 11 is 1.49. The van der Waals surface area contributed by atoms with E-state index in [9.17, 15) is 4.79 Å². The number of hydrogen-bond donors (Lipinski definition) is 1. The number of carbonyl (C=O) groups excluding carboxylic acids is 1. The van der Waals surface area contributed by atoms with Crippen LogP contribution in [0.4, 0.5) is 5.13 Å². The van der Waals surface area contributed by atoms with Gasteiger partial charge in [-0.05, 0) is 67.5 Å². The van der Waals surface area contributed by atoms with E-state index < -0.39 is 0 Å². The fraction of sp³-hybridized carbons (Fsp3) is 0.391. The van der Waals surface area contributed by atoms with Crippen LogP contribution < -0.4 is 10.1 Å². The van der Waals surface area contributed by atoms with E-state index in [4.69, 9.17) is 4.74 Å². The van der Waals surface area contributed by atoms with E-state index in [1.165, 1.54) is 54.6 Å². The molecule has 3 aromatic rings. The Morgan fingerprint density at radius 2 is 1.89 bits per heavy atom. The van der Waals surface area contributed by atoms with Gasteiger partial charge in [0.15, 0.2) is 11.7 Å². The zero-order valence-electron chi connectivity index (χ0n) is 16.5. The van der Waals surface area contributed by atoms with Crippen molar-refractivity contribution in [2.24, 2.45) is 0 Å². The van der Waals surface area contributed by atoms with Gasteiger partial charge >= 0.3 is 0 Å². The Labute approximate surface area is 169 Å². The lowest BCUT2D eigenvalue weighted by Crippen LogP contribution is -2.20. The number of anilines is 1. The van der Waals surface area contributed by atoms with Gasteiger partial charge in [0.05, 0.1) is 10.2 Å². The molecule has 1 aliphatic carbocycles. The third-order valence-corrected chi connectivity index (χ3v) is 6.32. The zero-order chi connectivity index (χ0) is 19.5. The molecule has 4 rings (SSSR count). The maximum atomic E-state index is 12.3. The van der Waals surface area contributed by atoms with E-state index in [0.29, 0.717) is 11.0 Å². The summed E-state index contributed by atoms with van der Waals surface area (Å²) in [7, 11) is 0. The molecular weight excluding hydrogens is 368 g/mol. The van der Waals surface area contributed by atoms with Gasteiger partial charge in [-0.1, -0.05) is 48.8 Å². The van der Waals surface area contributed by atoms with Gasteiger partial charge < -0.3 is 4.74 Å². The molecule has 0 bridgehead atoms. The number of thiazole rings is 1. The lowest BCUT2D eigenvalue weighted by atomic mass is 9.84. The number of benzene rings is 2. The van der Waals surface area contributed by atoms with Gasteiger partial charge in [0.25, 0.3) is 5.91 Å². The average Bonchev–Trinajstić information content (AvgIpc) is 3.10. The molecule has 1 saturated carbocycles. The van der Waals surface area contributed by atoms with Crippen LogP contribution in [0.25, 0.3) is 10.2 Å². The second kappa shape index (κ2) is 8.31. The van der Waals surface area contributed by atoms with Crippen molar-refractivity contribution in [3.63, 3.8) is 0 Å². The Morgan fingerprint density at radius 1 is 1.14 bits per heavy atom. The molecule has 4 nitrogen and oxygen atoms in total. The Bertz CT molecular complexity index is 972. The lowest BCUT2D eigenvalue weighted by molar-refractivity contribution is -0.118. The normalized spacial score (nSPS) is 14.9. The molecule has 0 unspecified atom stereocenters. The van der Waals surface area contributed by atoms with Crippen molar-refractivity contribution in [2.75, 3.05) is 11.9 Å². The van der Waals surface area contributed by atoms with E-state index in [0.717, 1.165) is 21.5 Å². The quantitative estimate of drug-likeness (QED) is 0.579. The number of amides is 1. The molecule has 0 spiro atoms. The number of aryl methyl sites for hydroxylation is 2. The second-order valence-electron chi connectivity index (χ2n) is 7.69. The van der Waals surface area contributed by atoms with Gasteiger partial charge in [-0.15, -0.1) is 0 Å². The molecular formula is C23H26N2O2S. The Hall–Kier alpha value is -2.40. The summed E-state index contributed by atoms with van der Waals surface area (Å²) in [6, 6.07) is 12.4. The van der Waals surface area contributed by atoms with Crippen molar-refractivity contribution < 1.29 is 9.53 Å². The van der Waals surface area contributed by atoms with Crippen LogP contribution >= 0.6 is 11.3 Å². The van der Waals surface area contributed by atoms with Crippen LogP contribution in [-0.2, 0) is 4.79 Å². The third kappa shape index (κ3) is 4.36. The molecule has 0 aliphatic heterocycles. The predicted molar refractivity (Wildman–Crippen MR) is 115 cm³/mol. The van der Waals surface area contributed by atoms with E-state index in [1.807, 2.05) is 19.1 Å². The van der Waals surface area contributed by atoms with Gasteiger partial charge in [-0.2, -0.15) is 0 Å². The minimum Gasteiger partial charge on any atom is -0.484 e. The van der Waals surface area contributed by atoms with E-state index in [1.54, 1.807) is 0 Å². The highest BCUT2D eigenvalue weighted by Gasteiger charge is 2.15. The highest BCUT2D eigenvalue weighted by atomic mass is 32.1. The maximum Gasteiger partial charge on any atom is 0.264 e. The number of aromatic nitrogens is 1. The highest BCUT2D eigenvalue weighted by molar-refractivity contribution is 7.22. The third-order valence-electron chi connectivity index (χ3n) is 5.40. The van der Waals surface area contributed by atoms with Crippen molar-refractivity contribution >= 4 is 32.6 Å². The molecule has 0 saturated heterocycles. The summed E-state index contributed by atoms with van der Waals surface area (Å²) < 4.78 is 6.75. The van der Waals surface area contributed by atoms with Gasteiger partial charge in [0.2, 0.25) is 0 Å². The van der Waals surface area contributed by atoms with Crippen LogP contribution in [0.15, 0.2) is 36.4 Å². The summed E-state index contributed by atoms with van der Waals surface area (Å²) in [6.07, 6.45) is 6.58. The molecule has 2 aromatic carbocycles. The standard InChI is InChI=1S/C23H26N2O2S/c1-15-12-16(2)22-20(13-15)28-23(25-22)24-21(26)14-27-19-10-8-18(9-11-19)17-6-4-3-5-7-17/h8-13,17H,3-7,14H2,1-2H3,(H,24,25,26). The fourth-order valence-corrected chi connectivity index (χ4v) is 5.06. The Balaban J connectivity index is 1.33. The molecule has 1 aliphatic rings. The minimum absolute atomic E-state index is 0.0172. The van der Waals surface area contributed by atoms with Crippen molar-refractivity contribution in [1.29, 1.82) is 0 Å². The number of rotatable bonds is 5. The molecule has 28 heavy (non-hydrogen) atoms. The average molecular weight is 395 g/mol. The van der Waals surface area contributed by atoms with E-state index in [2.05, 4.69) is 41.5 Å². The molecule has 0 radical (unpaired) electrons. The van der Waals surface area contributed by atoms with Gasteiger partial charge in [-0.3, -0.25) is 10.1 Å².